The van der Waals surface area contributed by atoms with E-state index in [1.807, 2.05) is 0 Å². The summed E-state index contributed by atoms with van der Waals surface area (Å²) in [6, 6.07) is 5.29. The average molecular weight is 293 g/mol. The molecule has 6 heteroatoms. The van der Waals surface area contributed by atoms with E-state index in [9.17, 15) is 9.59 Å². The summed E-state index contributed by atoms with van der Waals surface area (Å²) in [7, 11) is 3.08. The van der Waals surface area contributed by atoms with Crippen molar-refractivity contribution < 1.29 is 24.2 Å². The number of carboxylic acid groups (broad SMARTS) is 1. The van der Waals surface area contributed by atoms with Crippen LogP contribution in [0, 0.1) is 0 Å². The van der Waals surface area contributed by atoms with E-state index in [2.05, 4.69) is 0 Å². The summed E-state index contributed by atoms with van der Waals surface area (Å²) in [4.78, 5) is 24.7. The molecule has 0 aromatic heterocycles. The summed E-state index contributed by atoms with van der Waals surface area (Å²) in [6.07, 6.45) is 1.84. The lowest BCUT2D eigenvalue weighted by atomic mass is 10.1. The zero-order valence-corrected chi connectivity index (χ0v) is 12.2. The van der Waals surface area contributed by atoms with Gasteiger partial charge in [0.25, 0.3) is 0 Å². The SMILES string of the molecule is COc1ccc(OC)c(CC(=O)N(CC(=O)O)C2CC2)c1. The zero-order chi connectivity index (χ0) is 15.4. The summed E-state index contributed by atoms with van der Waals surface area (Å²) in [5.74, 6) is 0.0318. The van der Waals surface area contributed by atoms with E-state index in [1.165, 1.54) is 12.0 Å². The Morgan fingerprint density at radius 3 is 2.52 bits per heavy atom. The number of methoxy groups -OCH3 is 2. The Morgan fingerprint density at radius 2 is 2.00 bits per heavy atom. The van der Waals surface area contributed by atoms with Crippen LogP contribution in [-0.4, -0.2) is 48.7 Å². The number of carboxylic acids is 1. The van der Waals surface area contributed by atoms with Gasteiger partial charge in [0.15, 0.2) is 0 Å². The van der Waals surface area contributed by atoms with Crippen LogP contribution in [0.25, 0.3) is 0 Å². The molecular formula is C15H19NO5. The number of carbonyl (C=O) groups excluding carboxylic acids is 1. The molecule has 0 atom stereocenters. The normalized spacial score (nSPS) is 13.6. The van der Waals surface area contributed by atoms with Crippen LogP contribution < -0.4 is 9.47 Å². The first-order valence-corrected chi connectivity index (χ1v) is 6.77. The molecule has 1 fully saturated rings. The Labute approximate surface area is 123 Å². The predicted octanol–water partition coefficient (Wildman–Crippen LogP) is 1.32. The monoisotopic (exact) mass is 293 g/mol. The van der Waals surface area contributed by atoms with Crippen LogP contribution in [-0.2, 0) is 16.0 Å². The maximum absolute atomic E-state index is 12.4. The van der Waals surface area contributed by atoms with Gasteiger partial charge in [-0.2, -0.15) is 0 Å². The van der Waals surface area contributed by atoms with E-state index in [1.54, 1.807) is 25.3 Å². The number of aliphatic carboxylic acids is 1. The molecule has 21 heavy (non-hydrogen) atoms. The highest BCUT2D eigenvalue weighted by Gasteiger charge is 2.33. The smallest absolute Gasteiger partial charge is 0.323 e. The maximum Gasteiger partial charge on any atom is 0.323 e. The summed E-state index contributed by atoms with van der Waals surface area (Å²) >= 11 is 0. The van der Waals surface area contributed by atoms with Crippen molar-refractivity contribution in [2.24, 2.45) is 0 Å². The van der Waals surface area contributed by atoms with Crippen molar-refractivity contribution in [1.82, 2.24) is 4.90 Å². The largest absolute Gasteiger partial charge is 0.497 e. The molecule has 2 rings (SSSR count). The molecule has 1 N–H and O–H groups in total. The van der Waals surface area contributed by atoms with Crippen molar-refractivity contribution in [2.45, 2.75) is 25.3 Å². The maximum atomic E-state index is 12.4. The fourth-order valence-corrected chi connectivity index (χ4v) is 2.24. The number of amides is 1. The number of hydrogen-bond acceptors (Lipinski definition) is 4. The number of rotatable bonds is 7. The fourth-order valence-electron chi connectivity index (χ4n) is 2.24. The highest BCUT2D eigenvalue weighted by atomic mass is 16.5. The highest BCUT2D eigenvalue weighted by molar-refractivity contribution is 5.84. The van der Waals surface area contributed by atoms with Gasteiger partial charge in [-0.15, -0.1) is 0 Å². The molecule has 1 aliphatic carbocycles. The molecule has 0 saturated heterocycles. The summed E-state index contributed by atoms with van der Waals surface area (Å²) in [5.41, 5.74) is 0.692. The van der Waals surface area contributed by atoms with Gasteiger partial charge in [0, 0.05) is 11.6 Å². The van der Waals surface area contributed by atoms with Gasteiger partial charge >= 0.3 is 5.97 Å². The van der Waals surface area contributed by atoms with Crippen molar-refractivity contribution >= 4 is 11.9 Å². The zero-order valence-electron chi connectivity index (χ0n) is 12.2. The lowest BCUT2D eigenvalue weighted by Gasteiger charge is -2.21. The molecule has 0 radical (unpaired) electrons. The lowest BCUT2D eigenvalue weighted by Crippen LogP contribution is -2.38. The van der Waals surface area contributed by atoms with Crippen molar-refractivity contribution in [3.8, 4) is 11.5 Å². The Hall–Kier alpha value is -2.24. The predicted molar refractivity (Wildman–Crippen MR) is 75.6 cm³/mol. The minimum Gasteiger partial charge on any atom is -0.497 e. The summed E-state index contributed by atoms with van der Waals surface area (Å²) < 4.78 is 10.4. The lowest BCUT2D eigenvalue weighted by molar-refractivity contribution is -0.144. The van der Waals surface area contributed by atoms with Gasteiger partial charge in [-0.3, -0.25) is 9.59 Å². The second-order valence-corrected chi connectivity index (χ2v) is 5.00. The Kier molecular flexibility index (Phi) is 4.67. The molecular weight excluding hydrogens is 274 g/mol. The Morgan fingerprint density at radius 1 is 1.29 bits per heavy atom. The van der Waals surface area contributed by atoms with Gasteiger partial charge in [0.2, 0.25) is 5.91 Å². The highest BCUT2D eigenvalue weighted by Crippen LogP contribution is 2.29. The van der Waals surface area contributed by atoms with Gasteiger partial charge in [-0.1, -0.05) is 0 Å². The van der Waals surface area contributed by atoms with Crippen LogP contribution in [0.15, 0.2) is 18.2 Å². The Bertz CT molecular complexity index is 539. The quantitative estimate of drug-likeness (QED) is 0.820. The molecule has 0 unspecified atom stereocenters. The number of benzene rings is 1. The van der Waals surface area contributed by atoms with Crippen LogP contribution in [0.3, 0.4) is 0 Å². The molecule has 1 amide bonds. The molecule has 1 aromatic rings. The molecule has 114 valence electrons. The van der Waals surface area contributed by atoms with E-state index < -0.39 is 5.97 Å². The molecule has 1 saturated carbocycles. The molecule has 1 aliphatic rings. The first kappa shape index (κ1) is 15.2. The van der Waals surface area contributed by atoms with Crippen LogP contribution in [0.1, 0.15) is 18.4 Å². The van der Waals surface area contributed by atoms with E-state index >= 15 is 0 Å². The fraction of sp³-hybridized carbons (Fsp3) is 0.467. The van der Waals surface area contributed by atoms with Crippen LogP contribution in [0.5, 0.6) is 11.5 Å². The first-order chi connectivity index (χ1) is 10.0. The standard InChI is InChI=1S/C15H19NO5/c1-20-12-5-6-13(21-2)10(7-12)8-14(17)16(9-15(18)19)11-3-4-11/h5-7,11H,3-4,8-9H2,1-2H3,(H,18,19). The number of hydrogen-bond donors (Lipinski definition) is 1. The molecule has 0 aliphatic heterocycles. The van der Waals surface area contributed by atoms with Crippen LogP contribution in [0.4, 0.5) is 0 Å². The summed E-state index contributed by atoms with van der Waals surface area (Å²) in [6.45, 7) is -0.254. The number of ether oxygens (including phenoxy) is 2. The van der Waals surface area contributed by atoms with Gasteiger partial charge in [0.05, 0.1) is 20.6 Å². The van der Waals surface area contributed by atoms with Gasteiger partial charge < -0.3 is 19.5 Å². The number of carbonyl (C=O) groups is 2. The minimum absolute atomic E-state index is 0.0604. The molecule has 1 aromatic carbocycles. The van der Waals surface area contributed by atoms with E-state index in [0.717, 1.165) is 12.8 Å². The van der Waals surface area contributed by atoms with Crippen molar-refractivity contribution in [3.05, 3.63) is 23.8 Å². The third kappa shape index (κ3) is 3.87. The Balaban J connectivity index is 2.15. The van der Waals surface area contributed by atoms with E-state index in [-0.39, 0.29) is 24.9 Å². The average Bonchev–Trinajstić information content (AvgIpc) is 3.28. The molecule has 0 heterocycles. The topological polar surface area (TPSA) is 76.1 Å². The molecule has 6 nitrogen and oxygen atoms in total. The second kappa shape index (κ2) is 6.47. The van der Waals surface area contributed by atoms with Gasteiger partial charge in [-0.25, -0.2) is 0 Å². The van der Waals surface area contributed by atoms with Gasteiger partial charge in [-0.05, 0) is 31.0 Å². The molecule has 0 spiro atoms. The van der Waals surface area contributed by atoms with Gasteiger partial charge in [0.1, 0.15) is 18.0 Å². The summed E-state index contributed by atoms with van der Waals surface area (Å²) in [5, 5.41) is 8.92. The van der Waals surface area contributed by atoms with Crippen molar-refractivity contribution in [2.75, 3.05) is 20.8 Å². The third-order valence-electron chi connectivity index (χ3n) is 3.44. The van der Waals surface area contributed by atoms with Crippen LogP contribution >= 0.6 is 0 Å². The third-order valence-corrected chi connectivity index (χ3v) is 3.44. The second-order valence-electron chi connectivity index (χ2n) is 5.00. The van der Waals surface area contributed by atoms with Crippen molar-refractivity contribution in [3.63, 3.8) is 0 Å². The molecule has 0 bridgehead atoms. The minimum atomic E-state index is -0.993. The first-order valence-electron chi connectivity index (χ1n) is 6.77. The van der Waals surface area contributed by atoms with E-state index in [4.69, 9.17) is 14.6 Å². The van der Waals surface area contributed by atoms with Crippen molar-refractivity contribution in [1.29, 1.82) is 0 Å². The van der Waals surface area contributed by atoms with Crippen LogP contribution in [0.2, 0.25) is 0 Å². The van der Waals surface area contributed by atoms with E-state index in [0.29, 0.717) is 17.1 Å². The number of nitrogens with zero attached hydrogens (tertiary/aromatic N) is 1.